The summed E-state index contributed by atoms with van der Waals surface area (Å²) in [4.78, 5) is 23.4. The summed E-state index contributed by atoms with van der Waals surface area (Å²) in [5.41, 5.74) is 5.46. The Morgan fingerprint density at radius 1 is 1.15 bits per heavy atom. The highest BCUT2D eigenvalue weighted by molar-refractivity contribution is 5.83. The molecule has 0 radical (unpaired) electrons. The molecule has 0 spiro atoms. The van der Waals surface area contributed by atoms with Crippen molar-refractivity contribution in [3.05, 3.63) is 34.2 Å². The standard InChI is InChI=1S/C19H21NO7/c1-8-12(6-5-10-7-11(20)16(21)24-13(8)10)23-17-15-14(25-18(22)26-15)9(2)19(3,4)27-17/h5-7,9,14-15,17H,20H2,1-4H3/t9-,14-,15?,17-/m1/s1. The fourth-order valence-electron chi connectivity index (χ4n) is 3.52. The summed E-state index contributed by atoms with van der Waals surface area (Å²) in [5, 5.41) is 0.684. The average Bonchev–Trinajstić information content (AvgIpc) is 2.99. The van der Waals surface area contributed by atoms with E-state index >= 15 is 0 Å². The predicted octanol–water partition coefficient (Wildman–Crippen LogP) is 2.74. The Bertz CT molecular complexity index is 980. The van der Waals surface area contributed by atoms with E-state index in [1.807, 2.05) is 20.8 Å². The van der Waals surface area contributed by atoms with Gasteiger partial charge in [-0.2, -0.15) is 0 Å². The monoisotopic (exact) mass is 375 g/mol. The molecule has 2 N–H and O–H groups in total. The van der Waals surface area contributed by atoms with Crippen LogP contribution in [-0.2, 0) is 14.2 Å². The van der Waals surface area contributed by atoms with Crippen LogP contribution in [0, 0.1) is 12.8 Å². The summed E-state index contributed by atoms with van der Waals surface area (Å²) in [6.07, 6.45) is -2.74. The normalized spacial score (nSPS) is 29.1. The van der Waals surface area contributed by atoms with Crippen molar-refractivity contribution in [1.29, 1.82) is 0 Å². The molecular weight excluding hydrogens is 354 g/mol. The van der Waals surface area contributed by atoms with Crippen molar-refractivity contribution < 1.29 is 28.2 Å². The first kappa shape index (κ1) is 17.7. The van der Waals surface area contributed by atoms with Crippen molar-refractivity contribution in [2.45, 2.75) is 51.8 Å². The van der Waals surface area contributed by atoms with Gasteiger partial charge in [-0.1, -0.05) is 6.92 Å². The minimum absolute atomic E-state index is 0.0415. The number of rotatable bonds is 2. The van der Waals surface area contributed by atoms with E-state index in [1.54, 1.807) is 25.1 Å². The molecule has 0 saturated carbocycles. The van der Waals surface area contributed by atoms with Crippen molar-refractivity contribution in [3.8, 4) is 5.75 Å². The van der Waals surface area contributed by atoms with Gasteiger partial charge in [-0.15, -0.1) is 0 Å². The lowest BCUT2D eigenvalue weighted by molar-refractivity contribution is -0.260. The summed E-state index contributed by atoms with van der Waals surface area (Å²) in [6.45, 7) is 7.52. The van der Waals surface area contributed by atoms with E-state index < -0.39 is 35.9 Å². The lowest BCUT2D eigenvalue weighted by Gasteiger charge is -2.44. The number of nitrogen functional groups attached to an aromatic ring is 1. The van der Waals surface area contributed by atoms with E-state index in [0.29, 0.717) is 22.3 Å². The van der Waals surface area contributed by atoms with Gasteiger partial charge < -0.3 is 29.1 Å². The first-order valence-corrected chi connectivity index (χ1v) is 8.72. The lowest BCUT2D eigenvalue weighted by atomic mass is 9.82. The molecule has 2 aliphatic heterocycles. The highest BCUT2D eigenvalue weighted by Crippen LogP contribution is 2.41. The van der Waals surface area contributed by atoms with Crippen LogP contribution >= 0.6 is 0 Å². The Morgan fingerprint density at radius 2 is 1.85 bits per heavy atom. The van der Waals surface area contributed by atoms with Gasteiger partial charge in [0.05, 0.1) is 5.60 Å². The molecule has 0 amide bonds. The first-order chi connectivity index (χ1) is 12.7. The van der Waals surface area contributed by atoms with Gasteiger partial charge in [0.15, 0.2) is 6.10 Å². The van der Waals surface area contributed by atoms with Crippen molar-refractivity contribution >= 4 is 22.8 Å². The molecule has 4 rings (SSSR count). The Hall–Kier alpha value is -2.74. The smallest absolute Gasteiger partial charge is 0.460 e. The second-order valence-corrected chi connectivity index (χ2v) is 7.51. The fourth-order valence-corrected chi connectivity index (χ4v) is 3.52. The maximum atomic E-state index is 11.8. The van der Waals surface area contributed by atoms with Gasteiger partial charge in [-0.3, -0.25) is 0 Å². The maximum Gasteiger partial charge on any atom is 0.509 e. The Morgan fingerprint density at radius 3 is 2.59 bits per heavy atom. The number of hydrogen-bond donors (Lipinski definition) is 1. The number of hydrogen-bond acceptors (Lipinski definition) is 8. The number of ether oxygens (including phenoxy) is 4. The van der Waals surface area contributed by atoms with Gasteiger partial charge in [-0.25, -0.2) is 9.59 Å². The molecule has 2 aliphatic rings. The molecule has 1 unspecified atom stereocenters. The van der Waals surface area contributed by atoms with E-state index in [1.165, 1.54) is 0 Å². The highest BCUT2D eigenvalue weighted by Gasteiger charge is 2.56. The molecule has 1 aromatic carbocycles. The van der Waals surface area contributed by atoms with Gasteiger partial charge in [0.25, 0.3) is 0 Å². The maximum absolute atomic E-state index is 11.8. The van der Waals surface area contributed by atoms with E-state index in [2.05, 4.69) is 0 Å². The van der Waals surface area contributed by atoms with Crippen LogP contribution in [0.5, 0.6) is 5.75 Å². The zero-order valence-corrected chi connectivity index (χ0v) is 15.5. The summed E-state index contributed by atoms with van der Waals surface area (Å²) in [7, 11) is 0. The van der Waals surface area contributed by atoms with E-state index in [4.69, 9.17) is 29.1 Å². The Balaban J connectivity index is 1.70. The molecule has 1 aromatic heterocycles. The molecule has 2 fully saturated rings. The number of anilines is 1. The van der Waals surface area contributed by atoms with Crippen LogP contribution in [0.15, 0.2) is 27.4 Å². The molecule has 4 atom stereocenters. The molecule has 8 nitrogen and oxygen atoms in total. The topological polar surface area (TPSA) is 110 Å². The largest absolute Gasteiger partial charge is 0.509 e. The molecule has 3 heterocycles. The zero-order chi connectivity index (χ0) is 19.5. The van der Waals surface area contributed by atoms with Crippen LogP contribution in [0.3, 0.4) is 0 Å². The number of nitrogens with two attached hydrogens (primary N) is 1. The van der Waals surface area contributed by atoms with Crippen molar-refractivity contribution in [2.75, 3.05) is 5.73 Å². The minimum Gasteiger partial charge on any atom is -0.460 e. The summed E-state index contributed by atoms with van der Waals surface area (Å²) in [6, 6.07) is 5.03. The number of carbonyl (C=O) groups is 1. The van der Waals surface area contributed by atoms with Gasteiger partial charge >= 0.3 is 11.8 Å². The SMILES string of the molecule is Cc1c(O[C@@H]2OC(C)(C)[C@H](C)[C@H]3OC(=O)OC23)ccc2cc(N)c(=O)oc12. The van der Waals surface area contributed by atoms with Crippen LogP contribution in [0.25, 0.3) is 11.0 Å². The number of fused-ring (bicyclic) bond motifs is 2. The molecule has 144 valence electrons. The highest BCUT2D eigenvalue weighted by atomic mass is 16.8. The van der Waals surface area contributed by atoms with E-state index in [0.717, 1.165) is 0 Å². The van der Waals surface area contributed by atoms with E-state index in [-0.39, 0.29) is 11.6 Å². The summed E-state index contributed by atoms with van der Waals surface area (Å²) in [5.74, 6) is 0.375. The van der Waals surface area contributed by atoms with Gasteiger partial charge in [-0.05, 0) is 39.0 Å². The van der Waals surface area contributed by atoms with E-state index in [9.17, 15) is 9.59 Å². The molecule has 8 heteroatoms. The second kappa shape index (κ2) is 5.88. The quantitative estimate of drug-likeness (QED) is 0.630. The Labute approximate surface area is 155 Å². The van der Waals surface area contributed by atoms with Crippen molar-refractivity contribution in [1.82, 2.24) is 0 Å². The number of carbonyl (C=O) groups excluding carboxylic acids is 1. The Kier molecular flexibility index (Phi) is 3.85. The molecule has 0 bridgehead atoms. The van der Waals surface area contributed by atoms with Crippen LogP contribution in [0.1, 0.15) is 26.3 Å². The zero-order valence-electron chi connectivity index (χ0n) is 15.5. The second-order valence-electron chi connectivity index (χ2n) is 7.51. The summed E-state index contributed by atoms with van der Waals surface area (Å²) < 4.78 is 28.0. The van der Waals surface area contributed by atoms with Gasteiger partial charge in [0.1, 0.15) is 17.0 Å². The third kappa shape index (κ3) is 2.80. The molecule has 2 saturated heterocycles. The number of benzene rings is 1. The lowest BCUT2D eigenvalue weighted by Crippen LogP contribution is -2.58. The third-order valence-electron chi connectivity index (χ3n) is 5.44. The summed E-state index contributed by atoms with van der Waals surface area (Å²) >= 11 is 0. The van der Waals surface area contributed by atoms with Crippen LogP contribution in [0.2, 0.25) is 0 Å². The van der Waals surface area contributed by atoms with Crippen LogP contribution < -0.4 is 16.1 Å². The van der Waals surface area contributed by atoms with Crippen molar-refractivity contribution in [2.24, 2.45) is 5.92 Å². The fraction of sp³-hybridized carbons (Fsp3) is 0.474. The number of aryl methyl sites for hydroxylation is 1. The molecule has 2 aromatic rings. The third-order valence-corrected chi connectivity index (χ3v) is 5.44. The van der Waals surface area contributed by atoms with Crippen molar-refractivity contribution in [3.63, 3.8) is 0 Å². The molecule has 27 heavy (non-hydrogen) atoms. The average molecular weight is 375 g/mol. The van der Waals surface area contributed by atoms with Gasteiger partial charge in [0, 0.05) is 16.9 Å². The molecular formula is C19H21NO7. The van der Waals surface area contributed by atoms with Gasteiger partial charge in [0.2, 0.25) is 12.4 Å². The van der Waals surface area contributed by atoms with Crippen LogP contribution in [0.4, 0.5) is 10.5 Å². The predicted molar refractivity (Wildman–Crippen MR) is 95.5 cm³/mol. The minimum atomic E-state index is -0.857. The molecule has 0 aliphatic carbocycles. The van der Waals surface area contributed by atoms with Crippen LogP contribution in [-0.4, -0.2) is 30.3 Å². The first-order valence-electron chi connectivity index (χ1n) is 8.72.